The van der Waals surface area contributed by atoms with Crippen LogP contribution < -0.4 is 0 Å². The lowest BCUT2D eigenvalue weighted by Gasteiger charge is -2.38. The number of hydrogen-bond donors (Lipinski definition) is 0. The standard InChI is InChI=1S/C23H23FN2O5S/c1-26(2)23-25-18-17(24)19(31-21(28)15-11-7-4-8-12-15)16(30-22(18)32-23)13-29-20(27)14-9-5-3-6-10-14/h3-12,16-19,22H,13H2,1-2H3/t16-,17-,18-,19-,22-/m1/s1. The number of benzene rings is 2. The maximum atomic E-state index is 15.6. The number of rotatable bonds is 5. The highest BCUT2D eigenvalue weighted by Crippen LogP contribution is 2.39. The fourth-order valence-corrected chi connectivity index (χ4v) is 4.60. The molecule has 4 rings (SSSR count). The fraction of sp³-hybridized carbons (Fsp3) is 0.348. The van der Waals surface area contributed by atoms with Gasteiger partial charge in [-0.1, -0.05) is 48.2 Å². The normalized spacial score (nSPS) is 26.6. The number of thioether (sulfide) groups is 1. The van der Waals surface area contributed by atoms with Crippen LogP contribution >= 0.6 is 11.8 Å². The zero-order valence-corrected chi connectivity index (χ0v) is 18.4. The first-order chi connectivity index (χ1) is 15.4. The number of carbonyl (C=O) groups is 2. The van der Waals surface area contributed by atoms with E-state index in [-0.39, 0.29) is 6.61 Å². The molecule has 1 saturated heterocycles. The maximum absolute atomic E-state index is 15.6. The van der Waals surface area contributed by atoms with E-state index in [2.05, 4.69) is 4.99 Å². The van der Waals surface area contributed by atoms with Crippen LogP contribution in [0.4, 0.5) is 4.39 Å². The number of halogens is 1. The highest BCUT2D eigenvalue weighted by Gasteiger charge is 2.52. The van der Waals surface area contributed by atoms with E-state index in [0.717, 1.165) is 0 Å². The summed E-state index contributed by atoms with van der Waals surface area (Å²) in [5.74, 6) is -1.24. The fourth-order valence-electron chi connectivity index (χ4n) is 3.45. The van der Waals surface area contributed by atoms with Gasteiger partial charge in [0.05, 0.1) is 11.1 Å². The number of alkyl halides is 1. The van der Waals surface area contributed by atoms with Gasteiger partial charge in [-0.25, -0.2) is 14.0 Å². The van der Waals surface area contributed by atoms with E-state index in [1.54, 1.807) is 65.6 Å². The molecule has 7 nitrogen and oxygen atoms in total. The Balaban J connectivity index is 1.52. The molecule has 0 amide bonds. The Kier molecular flexibility index (Phi) is 6.76. The van der Waals surface area contributed by atoms with Gasteiger partial charge in [-0.3, -0.25) is 4.99 Å². The molecule has 0 bridgehead atoms. The van der Waals surface area contributed by atoms with E-state index in [9.17, 15) is 9.59 Å². The summed E-state index contributed by atoms with van der Waals surface area (Å²) >= 11 is 1.29. The lowest BCUT2D eigenvalue weighted by molar-refractivity contribution is -0.149. The summed E-state index contributed by atoms with van der Waals surface area (Å²) in [4.78, 5) is 31.2. The number of amidine groups is 1. The minimum absolute atomic E-state index is 0.262. The van der Waals surface area contributed by atoms with Crippen LogP contribution in [0.3, 0.4) is 0 Å². The molecule has 0 saturated carbocycles. The second-order valence-corrected chi connectivity index (χ2v) is 8.67. The zero-order chi connectivity index (χ0) is 22.7. The highest BCUT2D eigenvalue weighted by atomic mass is 32.2. The zero-order valence-electron chi connectivity index (χ0n) is 17.6. The molecule has 5 atom stereocenters. The number of esters is 2. The quantitative estimate of drug-likeness (QED) is 0.637. The molecule has 2 aliphatic rings. The van der Waals surface area contributed by atoms with Gasteiger partial charge in [0.2, 0.25) is 0 Å². The van der Waals surface area contributed by atoms with Crippen LogP contribution in [0.1, 0.15) is 20.7 Å². The summed E-state index contributed by atoms with van der Waals surface area (Å²) < 4.78 is 32.5. The molecule has 32 heavy (non-hydrogen) atoms. The van der Waals surface area contributed by atoms with Crippen molar-refractivity contribution >= 4 is 28.9 Å². The van der Waals surface area contributed by atoms with Gasteiger partial charge in [0, 0.05) is 14.1 Å². The highest BCUT2D eigenvalue weighted by molar-refractivity contribution is 8.14. The summed E-state index contributed by atoms with van der Waals surface area (Å²) in [5.41, 5.74) is 0.0546. The first-order valence-electron chi connectivity index (χ1n) is 10.1. The predicted octanol–water partition coefficient (Wildman–Crippen LogP) is 3.17. The SMILES string of the molecule is CN(C)C1=N[C@@H]2[C@@H](F)[C@H](OC(=O)c3ccccc3)[C@@H](COC(=O)c3ccccc3)O[C@@H]2S1. The van der Waals surface area contributed by atoms with Gasteiger partial charge in [0.15, 0.2) is 17.4 Å². The monoisotopic (exact) mass is 458 g/mol. The van der Waals surface area contributed by atoms with E-state index >= 15 is 4.39 Å². The molecule has 168 valence electrons. The molecule has 2 aromatic carbocycles. The Morgan fingerprint density at radius 1 is 1.03 bits per heavy atom. The summed E-state index contributed by atoms with van der Waals surface area (Å²) in [7, 11) is 3.62. The van der Waals surface area contributed by atoms with Crippen LogP contribution in [0.2, 0.25) is 0 Å². The smallest absolute Gasteiger partial charge is 0.338 e. The maximum Gasteiger partial charge on any atom is 0.338 e. The minimum atomic E-state index is -1.62. The number of ether oxygens (including phenoxy) is 3. The molecule has 2 heterocycles. The van der Waals surface area contributed by atoms with Gasteiger partial charge in [-0.05, 0) is 24.3 Å². The third kappa shape index (κ3) is 4.78. The average molecular weight is 459 g/mol. The third-order valence-corrected chi connectivity index (χ3v) is 6.40. The number of hydrogen-bond acceptors (Lipinski definition) is 8. The van der Waals surface area contributed by atoms with E-state index in [1.165, 1.54) is 11.8 Å². The van der Waals surface area contributed by atoms with Crippen LogP contribution in [-0.2, 0) is 14.2 Å². The molecule has 9 heteroatoms. The molecule has 0 aliphatic carbocycles. The van der Waals surface area contributed by atoms with Crippen molar-refractivity contribution in [1.29, 1.82) is 0 Å². The van der Waals surface area contributed by atoms with Crippen molar-refractivity contribution in [2.24, 2.45) is 4.99 Å². The largest absolute Gasteiger partial charge is 0.459 e. The van der Waals surface area contributed by atoms with E-state index < -0.39 is 41.8 Å². The third-order valence-electron chi connectivity index (χ3n) is 5.10. The molecule has 2 aromatic rings. The van der Waals surface area contributed by atoms with Crippen molar-refractivity contribution in [1.82, 2.24) is 4.90 Å². The summed E-state index contributed by atoms with van der Waals surface area (Å²) in [6, 6.07) is 16.0. The molecule has 2 aliphatic heterocycles. The minimum Gasteiger partial charge on any atom is -0.459 e. The average Bonchev–Trinajstić information content (AvgIpc) is 3.25. The second-order valence-electron chi connectivity index (χ2n) is 7.60. The Bertz CT molecular complexity index is 988. The summed E-state index contributed by atoms with van der Waals surface area (Å²) in [6.07, 6.45) is -3.87. The van der Waals surface area contributed by atoms with Crippen molar-refractivity contribution in [3.63, 3.8) is 0 Å². The summed E-state index contributed by atoms with van der Waals surface area (Å²) in [6.45, 7) is -0.262. The van der Waals surface area contributed by atoms with Crippen LogP contribution in [0, 0.1) is 0 Å². The van der Waals surface area contributed by atoms with E-state index in [0.29, 0.717) is 16.3 Å². The molecule has 1 fully saturated rings. The van der Waals surface area contributed by atoms with Crippen LogP contribution in [0.5, 0.6) is 0 Å². The molecule has 0 unspecified atom stereocenters. The van der Waals surface area contributed by atoms with E-state index in [1.807, 2.05) is 14.1 Å². The topological polar surface area (TPSA) is 77.4 Å². The lowest BCUT2D eigenvalue weighted by atomic mass is 9.99. The van der Waals surface area contributed by atoms with Crippen molar-refractivity contribution in [2.75, 3.05) is 20.7 Å². The van der Waals surface area contributed by atoms with Crippen molar-refractivity contribution in [3.8, 4) is 0 Å². The van der Waals surface area contributed by atoms with Gasteiger partial charge in [0.1, 0.15) is 24.2 Å². The van der Waals surface area contributed by atoms with E-state index in [4.69, 9.17) is 14.2 Å². The second kappa shape index (κ2) is 9.70. The summed E-state index contributed by atoms with van der Waals surface area (Å²) in [5, 5.41) is 0.623. The molecule has 0 N–H and O–H groups in total. The van der Waals surface area contributed by atoms with Crippen molar-refractivity contribution < 1.29 is 28.2 Å². The molecule has 0 aromatic heterocycles. The Hall–Kier alpha value is -2.91. The van der Waals surface area contributed by atoms with Crippen LogP contribution in [0.25, 0.3) is 0 Å². The first kappa shape index (κ1) is 22.3. The predicted molar refractivity (Wildman–Crippen MR) is 118 cm³/mol. The van der Waals surface area contributed by atoms with Crippen LogP contribution in [0.15, 0.2) is 65.7 Å². The lowest BCUT2D eigenvalue weighted by Crippen LogP contribution is -2.56. The molecule has 0 radical (unpaired) electrons. The Labute approximate surface area is 189 Å². The Morgan fingerprint density at radius 2 is 1.62 bits per heavy atom. The van der Waals surface area contributed by atoms with Crippen molar-refractivity contribution in [2.45, 2.75) is 29.9 Å². The number of carbonyl (C=O) groups excluding carboxylic acids is 2. The van der Waals surface area contributed by atoms with Gasteiger partial charge in [0.25, 0.3) is 0 Å². The van der Waals surface area contributed by atoms with Crippen molar-refractivity contribution in [3.05, 3.63) is 71.8 Å². The molecular formula is C23H23FN2O5S. The van der Waals surface area contributed by atoms with Gasteiger partial charge in [-0.15, -0.1) is 0 Å². The number of aliphatic imine (C=N–C) groups is 1. The number of fused-ring (bicyclic) bond motifs is 1. The van der Waals surface area contributed by atoms with Gasteiger partial charge in [-0.2, -0.15) is 0 Å². The number of nitrogens with zero attached hydrogens (tertiary/aromatic N) is 2. The van der Waals surface area contributed by atoms with Gasteiger partial charge < -0.3 is 19.1 Å². The van der Waals surface area contributed by atoms with Gasteiger partial charge >= 0.3 is 11.9 Å². The first-order valence-corrected chi connectivity index (χ1v) is 11.0. The van der Waals surface area contributed by atoms with Crippen LogP contribution in [-0.4, -0.2) is 72.6 Å². The Morgan fingerprint density at radius 3 is 2.22 bits per heavy atom. The molecular weight excluding hydrogens is 435 g/mol. The molecule has 0 spiro atoms.